The van der Waals surface area contributed by atoms with Gasteiger partial charge in [0.2, 0.25) is 10.9 Å². The molecule has 2 unspecified atom stereocenters. The Kier molecular flexibility index (Phi) is 10.1. The van der Waals surface area contributed by atoms with E-state index >= 15 is 4.39 Å². The highest BCUT2D eigenvalue weighted by Gasteiger charge is 2.31. The average molecular weight is 594 g/mol. The van der Waals surface area contributed by atoms with E-state index in [1.165, 1.54) is 49.0 Å². The minimum absolute atomic E-state index is 0.0241. The Balaban J connectivity index is 2.35. The summed E-state index contributed by atoms with van der Waals surface area (Å²) in [5, 5.41) is 0. The zero-order valence-electron chi connectivity index (χ0n) is 23.1. The molecule has 1 aromatic heterocycles. The number of carbonyl (C=O) groups excluding carboxylic acids is 1. The lowest BCUT2D eigenvalue weighted by atomic mass is 9.87. The van der Waals surface area contributed by atoms with Crippen molar-refractivity contribution in [2.75, 3.05) is 0 Å². The lowest BCUT2D eigenvalue weighted by Gasteiger charge is -2.29. The van der Waals surface area contributed by atoms with Crippen molar-refractivity contribution in [1.82, 2.24) is 14.0 Å². The minimum atomic E-state index is -3.06. The molecule has 0 bridgehead atoms. The van der Waals surface area contributed by atoms with Gasteiger partial charge in [0, 0.05) is 59.0 Å². The molecular formula is C28H33F2N3O5S2. The molecular weight excluding hydrogens is 560 g/mol. The molecule has 0 radical (unpaired) electrons. The van der Waals surface area contributed by atoms with Gasteiger partial charge >= 0.3 is 0 Å². The highest BCUT2D eigenvalue weighted by atomic mass is 32.2. The lowest BCUT2D eigenvalue weighted by molar-refractivity contribution is 0.103. The fraction of sp³-hybridized carbons (Fsp3) is 0.357. The molecule has 3 rings (SSSR count). The van der Waals surface area contributed by atoms with Crippen LogP contribution >= 0.6 is 0 Å². The topological polar surface area (TPSA) is 120 Å². The molecule has 1 heterocycles. The van der Waals surface area contributed by atoms with Gasteiger partial charge in [-0.3, -0.25) is 9.59 Å². The van der Waals surface area contributed by atoms with Crippen LogP contribution in [0.4, 0.5) is 8.78 Å². The molecule has 0 aliphatic heterocycles. The first kappa shape index (κ1) is 31.6. The summed E-state index contributed by atoms with van der Waals surface area (Å²) < 4.78 is 70.6. The molecule has 12 heteroatoms. The number of aryl methyl sites for hydroxylation is 1. The van der Waals surface area contributed by atoms with E-state index in [1.54, 1.807) is 20.8 Å². The van der Waals surface area contributed by atoms with Crippen molar-refractivity contribution in [3.63, 3.8) is 0 Å². The van der Waals surface area contributed by atoms with E-state index in [9.17, 15) is 27.0 Å². The number of ketones is 1. The van der Waals surface area contributed by atoms with Crippen LogP contribution in [0.3, 0.4) is 0 Å². The fourth-order valence-corrected chi connectivity index (χ4v) is 5.51. The first-order valence-electron chi connectivity index (χ1n) is 12.6. The predicted octanol–water partition coefficient (Wildman–Crippen LogP) is 4.24. The van der Waals surface area contributed by atoms with Crippen molar-refractivity contribution in [2.45, 2.75) is 57.9 Å². The number of nitrogens with zero attached hydrogens (tertiary/aromatic N) is 1. The van der Waals surface area contributed by atoms with Crippen molar-refractivity contribution in [2.24, 2.45) is 7.05 Å². The smallest absolute Gasteiger partial charge is 0.250 e. The summed E-state index contributed by atoms with van der Waals surface area (Å²) in [5.41, 5.74) is 0.707. The largest absolute Gasteiger partial charge is 0.598 e. The van der Waals surface area contributed by atoms with E-state index in [4.69, 9.17) is 0 Å². The van der Waals surface area contributed by atoms with Gasteiger partial charge in [-0.25, -0.2) is 21.9 Å². The Hall–Kier alpha value is -2.90. The maximum Gasteiger partial charge on any atom is 0.250 e. The second-order valence-electron chi connectivity index (χ2n) is 10.4. The number of hydrogen-bond donors (Lipinski definition) is 3. The van der Waals surface area contributed by atoms with E-state index < -0.39 is 56.5 Å². The van der Waals surface area contributed by atoms with Crippen molar-refractivity contribution in [1.29, 1.82) is 0 Å². The molecule has 8 nitrogen and oxygen atoms in total. The van der Waals surface area contributed by atoms with Gasteiger partial charge in [0.25, 0.3) is 5.56 Å². The quantitative estimate of drug-likeness (QED) is 0.184. The van der Waals surface area contributed by atoms with E-state index in [-0.39, 0.29) is 27.8 Å². The normalized spacial score (nSPS) is 14.2. The first-order valence-corrected chi connectivity index (χ1v) is 14.9. The number of pyridine rings is 1. The van der Waals surface area contributed by atoms with Crippen molar-refractivity contribution in [3.8, 4) is 11.1 Å². The van der Waals surface area contributed by atoms with Gasteiger partial charge in [-0.15, -0.1) is 4.72 Å². The summed E-state index contributed by atoms with van der Waals surface area (Å²) in [6.45, 7) is 8.70. The van der Waals surface area contributed by atoms with Gasteiger partial charge in [0.05, 0.1) is 6.04 Å². The van der Waals surface area contributed by atoms with Gasteiger partial charge in [0.1, 0.15) is 16.4 Å². The second kappa shape index (κ2) is 12.7. The van der Waals surface area contributed by atoms with E-state index in [2.05, 4.69) is 9.44 Å². The molecule has 0 aliphatic carbocycles. The molecule has 0 amide bonds. The van der Waals surface area contributed by atoms with Gasteiger partial charge in [-0.2, -0.15) is 0 Å². The van der Waals surface area contributed by atoms with Crippen LogP contribution < -0.4 is 15.0 Å². The number of aromatic nitrogens is 1. The number of hydrogen-bond acceptors (Lipinski definition) is 6. The van der Waals surface area contributed by atoms with Crippen LogP contribution in [0.2, 0.25) is 0 Å². The fourth-order valence-electron chi connectivity index (χ4n) is 4.15. The maximum absolute atomic E-state index is 15.4. The highest BCUT2D eigenvalue weighted by Crippen LogP contribution is 2.36. The minimum Gasteiger partial charge on any atom is -0.598 e. The SMILES string of the molecule is CC[C@H](N[S+]([O-])C(C)(C)C)c1cc(=O)n(C)cc1-c1cc(C(C)N[SH](=O)=O)c(F)cc1C(=O)c1ccc(F)cc1. The van der Waals surface area contributed by atoms with Crippen LogP contribution in [0.15, 0.2) is 53.5 Å². The van der Waals surface area contributed by atoms with Crippen LogP contribution in [-0.4, -0.2) is 28.1 Å². The third kappa shape index (κ3) is 7.24. The summed E-state index contributed by atoms with van der Waals surface area (Å²) in [7, 11) is -1.53. The summed E-state index contributed by atoms with van der Waals surface area (Å²) in [5.74, 6) is -1.97. The van der Waals surface area contributed by atoms with E-state index in [0.29, 0.717) is 17.5 Å². The number of benzene rings is 2. The molecule has 0 aliphatic rings. The Labute approximate surface area is 237 Å². The van der Waals surface area contributed by atoms with Crippen LogP contribution in [0.25, 0.3) is 11.1 Å². The number of rotatable bonds is 10. The predicted molar refractivity (Wildman–Crippen MR) is 153 cm³/mol. The molecule has 3 atom stereocenters. The number of thiol groups is 1. The van der Waals surface area contributed by atoms with Gasteiger partial charge in [0.15, 0.2) is 5.78 Å². The Morgan fingerprint density at radius 1 is 1.07 bits per heavy atom. The van der Waals surface area contributed by atoms with E-state index in [1.807, 2.05) is 6.92 Å². The van der Waals surface area contributed by atoms with Crippen LogP contribution in [0.1, 0.15) is 80.2 Å². The summed E-state index contributed by atoms with van der Waals surface area (Å²) >= 11 is -1.51. The number of halogens is 2. The maximum atomic E-state index is 15.4. The summed E-state index contributed by atoms with van der Waals surface area (Å²) in [6, 6.07) is 7.01. The Morgan fingerprint density at radius 2 is 1.70 bits per heavy atom. The van der Waals surface area contributed by atoms with Crippen LogP contribution in [0.5, 0.6) is 0 Å². The zero-order valence-corrected chi connectivity index (χ0v) is 24.8. The van der Waals surface area contributed by atoms with Crippen molar-refractivity contribution < 1.29 is 26.5 Å². The molecule has 2 aromatic carbocycles. The third-order valence-corrected chi connectivity index (χ3v) is 8.60. The Bertz CT molecular complexity index is 1520. The number of carbonyl (C=O) groups is 1. The first-order chi connectivity index (χ1) is 18.6. The standard InChI is InChI=1S/C28H33F2N3O5S2/c1-7-25(32-39(36)28(3,4)5)21-14-26(34)33(6)15-23(21)20-12-19(16(2)31-40(37)38)24(30)13-22(20)27(35)17-8-10-18(29)11-9-17/h8-16,25,32,40H,7H2,1-6H3,(H,31,37,38)/t16?,25-,39?/m0/s1. The zero-order chi connectivity index (χ0) is 29.9. The van der Waals surface area contributed by atoms with Crippen LogP contribution in [-0.2, 0) is 29.3 Å². The molecule has 3 aromatic rings. The van der Waals surface area contributed by atoms with Gasteiger partial charge in [-0.05, 0) is 81.6 Å². The molecule has 0 saturated heterocycles. The Morgan fingerprint density at radius 3 is 2.25 bits per heavy atom. The molecule has 0 fully saturated rings. The van der Waals surface area contributed by atoms with Crippen molar-refractivity contribution >= 4 is 28.0 Å². The van der Waals surface area contributed by atoms with Gasteiger partial charge in [-0.1, -0.05) is 6.92 Å². The van der Waals surface area contributed by atoms with Crippen molar-refractivity contribution in [3.05, 3.63) is 92.9 Å². The molecule has 40 heavy (non-hydrogen) atoms. The summed E-state index contributed by atoms with van der Waals surface area (Å²) in [6.07, 6.45) is 1.93. The summed E-state index contributed by atoms with van der Waals surface area (Å²) in [4.78, 5) is 26.4. The van der Waals surface area contributed by atoms with Crippen LogP contribution in [0, 0.1) is 11.6 Å². The third-order valence-electron chi connectivity index (χ3n) is 6.39. The van der Waals surface area contributed by atoms with E-state index in [0.717, 1.165) is 18.2 Å². The highest BCUT2D eigenvalue weighted by molar-refractivity contribution is 7.90. The monoisotopic (exact) mass is 593 g/mol. The average Bonchev–Trinajstić information content (AvgIpc) is 2.87. The molecule has 216 valence electrons. The molecule has 0 spiro atoms. The lowest BCUT2D eigenvalue weighted by Crippen LogP contribution is -2.41. The molecule has 0 saturated carbocycles. The molecule has 2 N–H and O–H groups in total. The van der Waals surface area contributed by atoms with Gasteiger partial charge < -0.3 is 9.12 Å². The number of nitrogens with one attached hydrogen (secondary N) is 2. The second-order valence-corrected chi connectivity index (χ2v) is 13.2.